The van der Waals surface area contributed by atoms with Gasteiger partial charge in [-0.2, -0.15) is 0 Å². The summed E-state index contributed by atoms with van der Waals surface area (Å²) in [7, 11) is 0. The van der Waals surface area contributed by atoms with E-state index in [0.29, 0.717) is 5.75 Å². The molecule has 0 unspecified atom stereocenters. The van der Waals surface area contributed by atoms with Crippen LogP contribution in [0.2, 0.25) is 0 Å². The molecule has 2 heterocycles. The molecule has 2 aromatic rings. The predicted molar refractivity (Wildman–Crippen MR) is 93.4 cm³/mol. The first-order valence-corrected chi connectivity index (χ1v) is 9.26. The van der Waals surface area contributed by atoms with Crippen molar-refractivity contribution in [3.8, 4) is 0 Å². The molecule has 0 radical (unpaired) electrons. The van der Waals surface area contributed by atoms with E-state index in [-0.39, 0.29) is 11.9 Å². The Morgan fingerprint density at radius 1 is 1.30 bits per heavy atom. The molecule has 0 spiro atoms. The summed E-state index contributed by atoms with van der Waals surface area (Å²) < 4.78 is 2.15. The highest BCUT2D eigenvalue weighted by Crippen LogP contribution is 2.31. The van der Waals surface area contributed by atoms with Gasteiger partial charge in [-0.15, -0.1) is 11.8 Å². The average molecular weight is 329 g/mol. The molecule has 122 valence electrons. The molecule has 0 saturated carbocycles. The average Bonchev–Trinajstić information content (AvgIpc) is 3.09. The number of nitrogens with zero attached hydrogens (tertiary/aromatic N) is 3. The first kappa shape index (κ1) is 16.1. The summed E-state index contributed by atoms with van der Waals surface area (Å²) in [4.78, 5) is 20.4. The Balaban J connectivity index is 1.69. The fourth-order valence-electron chi connectivity index (χ4n) is 3.13. The molecule has 4 nitrogen and oxygen atoms in total. The Morgan fingerprint density at radius 3 is 2.91 bits per heavy atom. The first-order valence-electron chi connectivity index (χ1n) is 8.28. The molecule has 1 aromatic carbocycles. The number of aromatic nitrogens is 2. The third-order valence-corrected chi connectivity index (χ3v) is 5.31. The van der Waals surface area contributed by atoms with Crippen LogP contribution < -0.4 is 0 Å². The van der Waals surface area contributed by atoms with Crippen molar-refractivity contribution in [1.82, 2.24) is 14.5 Å². The van der Waals surface area contributed by atoms with Crippen molar-refractivity contribution in [2.45, 2.75) is 43.7 Å². The quantitative estimate of drug-likeness (QED) is 0.784. The van der Waals surface area contributed by atoms with Gasteiger partial charge in [-0.25, -0.2) is 4.98 Å². The standard InChI is InChI=1S/C18H23N3OS/c1-2-20-13-11-19-18(20)16-10-6-7-12-21(16)17(22)14-23-15-8-4-3-5-9-15/h3-5,8-9,11,13,16H,2,6-7,10,12,14H2,1H3/t16-/m1/s1. The molecule has 23 heavy (non-hydrogen) atoms. The van der Waals surface area contributed by atoms with E-state index < -0.39 is 0 Å². The molecule has 1 aliphatic rings. The summed E-state index contributed by atoms with van der Waals surface area (Å²) in [5, 5.41) is 0. The first-order chi connectivity index (χ1) is 11.3. The number of amides is 1. The van der Waals surface area contributed by atoms with Gasteiger partial charge in [0.2, 0.25) is 5.91 Å². The summed E-state index contributed by atoms with van der Waals surface area (Å²) in [5.74, 6) is 1.74. The van der Waals surface area contributed by atoms with Crippen molar-refractivity contribution in [2.75, 3.05) is 12.3 Å². The van der Waals surface area contributed by atoms with E-state index in [1.165, 1.54) is 0 Å². The Labute approximate surface area is 141 Å². The van der Waals surface area contributed by atoms with Gasteiger partial charge in [-0.3, -0.25) is 4.79 Å². The van der Waals surface area contributed by atoms with Crippen molar-refractivity contribution in [2.24, 2.45) is 0 Å². The van der Waals surface area contributed by atoms with E-state index in [1.54, 1.807) is 11.8 Å². The fraction of sp³-hybridized carbons (Fsp3) is 0.444. The third-order valence-electron chi connectivity index (χ3n) is 4.32. The number of carbonyl (C=O) groups excluding carboxylic acids is 1. The van der Waals surface area contributed by atoms with E-state index in [4.69, 9.17) is 0 Å². The van der Waals surface area contributed by atoms with Crippen molar-refractivity contribution in [1.29, 1.82) is 0 Å². The summed E-state index contributed by atoms with van der Waals surface area (Å²) in [5.41, 5.74) is 0. The summed E-state index contributed by atoms with van der Waals surface area (Å²) in [6, 6.07) is 10.2. The number of imidazole rings is 1. The van der Waals surface area contributed by atoms with Gasteiger partial charge in [0.15, 0.2) is 0 Å². The lowest BCUT2D eigenvalue weighted by Gasteiger charge is -2.35. The zero-order valence-electron chi connectivity index (χ0n) is 13.5. The molecule has 1 atom stereocenters. The fourth-order valence-corrected chi connectivity index (χ4v) is 3.93. The van der Waals surface area contributed by atoms with Gasteiger partial charge in [0.1, 0.15) is 5.82 Å². The van der Waals surface area contributed by atoms with Crippen molar-refractivity contribution in [3.63, 3.8) is 0 Å². The largest absolute Gasteiger partial charge is 0.333 e. The number of hydrogen-bond acceptors (Lipinski definition) is 3. The maximum Gasteiger partial charge on any atom is 0.233 e. The van der Waals surface area contributed by atoms with Crippen LogP contribution in [0.4, 0.5) is 0 Å². The summed E-state index contributed by atoms with van der Waals surface area (Å²) in [6.07, 6.45) is 7.11. The lowest BCUT2D eigenvalue weighted by atomic mass is 10.0. The van der Waals surface area contributed by atoms with Crippen LogP contribution in [0.5, 0.6) is 0 Å². The van der Waals surface area contributed by atoms with Crippen LogP contribution in [0.25, 0.3) is 0 Å². The Morgan fingerprint density at radius 2 is 2.13 bits per heavy atom. The lowest BCUT2D eigenvalue weighted by Crippen LogP contribution is -2.40. The topological polar surface area (TPSA) is 38.1 Å². The minimum atomic E-state index is 0.127. The van der Waals surface area contributed by atoms with E-state index in [0.717, 1.165) is 43.1 Å². The Hall–Kier alpha value is -1.75. The molecular weight excluding hydrogens is 306 g/mol. The Kier molecular flexibility index (Phi) is 5.39. The number of thioether (sulfide) groups is 1. The SMILES string of the molecule is CCn1ccnc1[C@H]1CCCCN1C(=O)CSc1ccccc1. The molecule has 1 fully saturated rings. The molecular formula is C18H23N3OS. The minimum Gasteiger partial charge on any atom is -0.333 e. The van der Waals surface area contributed by atoms with E-state index in [1.807, 2.05) is 35.5 Å². The van der Waals surface area contributed by atoms with Gasteiger partial charge in [-0.1, -0.05) is 18.2 Å². The maximum absolute atomic E-state index is 12.7. The lowest BCUT2D eigenvalue weighted by molar-refractivity contribution is -0.132. The van der Waals surface area contributed by atoms with E-state index >= 15 is 0 Å². The van der Waals surface area contributed by atoms with Crippen LogP contribution in [0.15, 0.2) is 47.6 Å². The zero-order valence-corrected chi connectivity index (χ0v) is 14.3. The molecule has 1 aromatic heterocycles. The molecule has 1 aliphatic heterocycles. The molecule has 3 rings (SSSR count). The molecule has 1 saturated heterocycles. The number of piperidine rings is 1. The van der Waals surface area contributed by atoms with Gasteiger partial charge in [0.25, 0.3) is 0 Å². The van der Waals surface area contributed by atoms with Crippen LogP contribution in [-0.2, 0) is 11.3 Å². The number of hydrogen-bond donors (Lipinski definition) is 0. The normalized spacial score (nSPS) is 18.1. The minimum absolute atomic E-state index is 0.127. The van der Waals surface area contributed by atoms with Gasteiger partial charge < -0.3 is 9.47 Å². The number of likely N-dealkylation sites (tertiary alicyclic amines) is 1. The number of benzene rings is 1. The monoisotopic (exact) mass is 329 g/mol. The highest BCUT2D eigenvalue weighted by molar-refractivity contribution is 8.00. The predicted octanol–water partition coefficient (Wildman–Crippen LogP) is 3.75. The summed E-state index contributed by atoms with van der Waals surface area (Å²) in [6.45, 7) is 3.85. The molecule has 0 N–H and O–H groups in total. The number of carbonyl (C=O) groups is 1. The van der Waals surface area contributed by atoms with E-state index in [9.17, 15) is 4.79 Å². The second-order valence-corrected chi connectivity index (χ2v) is 6.82. The van der Waals surface area contributed by atoms with Crippen molar-refractivity contribution >= 4 is 17.7 Å². The van der Waals surface area contributed by atoms with Gasteiger partial charge >= 0.3 is 0 Å². The molecule has 0 bridgehead atoms. The van der Waals surface area contributed by atoms with Crippen molar-refractivity contribution < 1.29 is 4.79 Å². The Bertz CT molecular complexity index is 641. The van der Waals surface area contributed by atoms with Gasteiger partial charge in [-0.05, 0) is 38.3 Å². The van der Waals surface area contributed by atoms with Gasteiger partial charge in [0, 0.05) is 30.4 Å². The molecule has 5 heteroatoms. The van der Waals surface area contributed by atoms with Crippen molar-refractivity contribution in [3.05, 3.63) is 48.5 Å². The summed E-state index contributed by atoms with van der Waals surface area (Å²) >= 11 is 1.61. The number of aryl methyl sites for hydroxylation is 1. The third kappa shape index (κ3) is 3.78. The second kappa shape index (κ2) is 7.68. The van der Waals surface area contributed by atoms with Crippen LogP contribution in [0.1, 0.15) is 38.1 Å². The molecule has 0 aliphatic carbocycles. The smallest absolute Gasteiger partial charge is 0.233 e. The van der Waals surface area contributed by atoms with Gasteiger partial charge in [0.05, 0.1) is 11.8 Å². The van der Waals surface area contributed by atoms with Crippen LogP contribution >= 0.6 is 11.8 Å². The van der Waals surface area contributed by atoms with Crippen LogP contribution in [0.3, 0.4) is 0 Å². The highest BCUT2D eigenvalue weighted by Gasteiger charge is 2.30. The zero-order chi connectivity index (χ0) is 16.1. The van der Waals surface area contributed by atoms with Crippen LogP contribution in [0, 0.1) is 0 Å². The molecule has 1 amide bonds. The second-order valence-electron chi connectivity index (χ2n) is 5.77. The van der Waals surface area contributed by atoms with E-state index in [2.05, 4.69) is 28.6 Å². The number of rotatable bonds is 5. The van der Waals surface area contributed by atoms with Crippen LogP contribution in [-0.4, -0.2) is 32.7 Å². The maximum atomic E-state index is 12.7. The highest BCUT2D eigenvalue weighted by atomic mass is 32.2.